The number of carbonyl (C=O) groups is 1. The fourth-order valence-corrected chi connectivity index (χ4v) is 4.77. The number of halogens is 2. The highest BCUT2D eigenvalue weighted by Crippen LogP contribution is 2.34. The maximum absolute atomic E-state index is 14.1. The van der Waals surface area contributed by atoms with Gasteiger partial charge in [0.15, 0.2) is 0 Å². The van der Waals surface area contributed by atoms with Crippen LogP contribution in [-0.2, 0) is 12.0 Å². The molecule has 1 aliphatic carbocycles. The van der Waals surface area contributed by atoms with Gasteiger partial charge in [-0.15, -0.1) is 0 Å². The molecule has 3 rings (SSSR count). The van der Waals surface area contributed by atoms with Crippen LogP contribution in [0.4, 0.5) is 4.79 Å². The van der Waals surface area contributed by atoms with Crippen LogP contribution in [0.15, 0.2) is 64.8 Å². The molecule has 7 nitrogen and oxygen atoms in total. The van der Waals surface area contributed by atoms with Gasteiger partial charge >= 0.3 is 6.03 Å². The quantitative estimate of drug-likeness (QED) is 0.244. The Kier molecular flexibility index (Phi) is 11.0. The van der Waals surface area contributed by atoms with E-state index in [4.69, 9.17) is 37.9 Å². The van der Waals surface area contributed by atoms with Crippen molar-refractivity contribution in [2.45, 2.75) is 65.5 Å². The summed E-state index contributed by atoms with van der Waals surface area (Å²) in [5.41, 5.74) is 1.52. The number of likely N-dealkylation sites (N-methyl/N-ethyl adjacent to an activating group) is 1. The molecular weight excluding hydrogens is 559 g/mol. The molecule has 9 heteroatoms. The second kappa shape index (κ2) is 13.9. The zero-order valence-electron chi connectivity index (χ0n) is 25.1. The third-order valence-corrected chi connectivity index (χ3v) is 7.57. The molecule has 2 amide bonds. The average Bonchev–Trinajstić information content (AvgIpc) is 2.91. The maximum Gasteiger partial charge on any atom is 0.325 e. The van der Waals surface area contributed by atoms with E-state index in [2.05, 4.69) is 40.7 Å². The number of pyridine rings is 1. The lowest BCUT2D eigenvalue weighted by molar-refractivity contribution is 0.169. The minimum absolute atomic E-state index is 0.0417. The molecule has 41 heavy (non-hydrogen) atoms. The van der Waals surface area contributed by atoms with Gasteiger partial charge in [-0.1, -0.05) is 68.3 Å². The molecule has 1 unspecified atom stereocenters. The van der Waals surface area contributed by atoms with Crippen LogP contribution in [-0.4, -0.2) is 64.1 Å². The van der Waals surface area contributed by atoms with E-state index in [1.165, 1.54) is 4.90 Å². The number of rotatable bonds is 9. The van der Waals surface area contributed by atoms with Crippen LogP contribution in [0.5, 0.6) is 5.75 Å². The summed E-state index contributed by atoms with van der Waals surface area (Å²) in [5, 5.41) is 10.9. The number of amidine groups is 1. The molecule has 0 spiro atoms. The Morgan fingerprint density at radius 2 is 1.85 bits per heavy atom. The second-order valence-corrected chi connectivity index (χ2v) is 12.6. The highest BCUT2D eigenvalue weighted by molar-refractivity contribution is 6.31. The number of aliphatic hydroxyl groups excluding tert-OH is 1. The van der Waals surface area contributed by atoms with Gasteiger partial charge in [0, 0.05) is 52.9 Å². The van der Waals surface area contributed by atoms with E-state index in [1.54, 1.807) is 30.3 Å². The van der Waals surface area contributed by atoms with Gasteiger partial charge in [-0.2, -0.15) is 0 Å². The monoisotopic (exact) mass is 600 g/mol. The third kappa shape index (κ3) is 8.57. The maximum atomic E-state index is 14.1. The van der Waals surface area contributed by atoms with Gasteiger partial charge < -0.3 is 14.7 Å². The number of hydrogen-bond donors (Lipinski definition) is 1. The van der Waals surface area contributed by atoms with E-state index < -0.39 is 5.54 Å². The van der Waals surface area contributed by atoms with E-state index in [0.717, 1.165) is 11.3 Å². The highest BCUT2D eigenvalue weighted by atomic mass is 35.5. The Morgan fingerprint density at radius 1 is 1.17 bits per heavy atom. The standard InChI is InChI=1S/C32H42Cl2N4O3/c1-8-41-27-19-28(31(2,3)4)35-20-26(27)29(36-32(5,6)23-11-15-25(34)16-12-23)38(30(40)37(7)17-18-39)21-22-9-13-24(33)14-10-22/h9-11,13-16,19-20,23,39H,8,12,17-18,21H2,1-7H3/b36-29-. The smallest absolute Gasteiger partial charge is 0.325 e. The molecule has 0 aliphatic heterocycles. The molecule has 1 aliphatic rings. The van der Waals surface area contributed by atoms with Gasteiger partial charge in [0.1, 0.15) is 11.6 Å². The molecule has 2 aromatic rings. The van der Waals surface area contributed by atoms with Crippen LogP contribution in [0.2, 0.25) is 5.02 Å². The molecule has 1 aromatic heterocycles. The molecule has 0 radical (unpaired) electrons. The number of aliphatic hydroxyl groups is 1. The van der Waals surface area contributed by atoms with Gasteiger partial charge in [-0.25, -0.2) is 4.79 Å². The van der Waals surface area contributed by atoms with Crippen molar-refractivity contribution in [1.29, 1.82) is 0 Å². The predicted octanol–water partition coefficient (Wildman–Crippen LogP) is 7.20. The van der Waals surface area contributed by atoms with E-state index in [9.17, 15) is 9.90 Å². The number of ether oxygens (including phenoxy) is 1. The Bertz CT molecular complexity index is 1300. The first-order valence-corrected chi connectivity index (χ1v) is 14.7. The Hall–Kier alpha value is -2.87. The number of allylic oxidation sites excluding steroid dienone is 3. The van der Waals surface area contributed by atoms with Crippen LogP contribution >= 0.6 is 23.2 Å². The van der Waals surface area contributed by atoms with Gasteiger partial charge in [-0.3, -0.25) is 14.9 Å². The van der Waals surface area contributed by atoms with Crippen molar-refractivity contribution in [2.24, 2.45) is 10.9 Å². The van der Waals surface area contributed by atoms with Crippen LogP contribution in [0.25, 0.3) is 0 Å². The van der Waals surface area contributed by atoms with Crippen molar-refractivity contribution in [3.63, 3.8) is 0 Å². The van der Waals surface area contributed by atoms with Crippen molar-refractivity contribution in [1.82, 2.24) is 14.8 Å². The first-order valence-electron chi connectivity index (χ1n) is 13.9. The number of aromatic nitrogens is 1. The molecule has 0 saturated heterocycles. The van der Waals surface area contributed by atoms with Crippen LogP contribution in [0.3, 0.4) is 0 Å². The molecule has 0 bridgehead atoms. The number of carbonyl (C=O) groups excluding carboxylic acids is 1. The van der Waals surface area contributed by atoms with Gasteiger partial charge in [0.2, 0.25) is 0 Å². The summed E-state index contributed by atoms with van der Waals surface area (Å²) in [5.74, 6) is 1.08. The number of benzene rings is 1. The summed E-state index contributed by atoms with van der Waals surface area (Å²) in [6, 6.07) is 9.00. The lowest BCUT2D eigenvalue weighted by Gasteiger charge is -2.35. The van der Waals surface area contributed by atoms with Crippen LogP contribution in [0, 0.1) is 5.92 Å². The van der Waals surface area contributed by atoms with Crippen molar-refractivity contribution < 1.29 is 14.6 Å². The minimum Gasteiger partial charge on any atom is -0.493 e. The number of aliphatic imine (C=N–C) groups is 1. The Labute approximate surface area is 254 Å². The molecule has 1 heterocycles. The van der Waals surface area contributed by atoms with Gasteiger partial charge in [-0.05, 0) is 51.0 Å². The lowest BCUT2D eigenvalue weighted by Crippen LogP contribution is -2.47. The summed E-state index contributed by atoms with van der Waals surface area (Å²) in [6.45, 7) is 13.0. The lowest BCUT2D eigenvalue weighted by atomic mass is 9.83. The molecule has 1 N–H and O–H groups in total. The molecule has 1 aromatic carbocycles. The second-order valence-electron chi connectivity index (χ2n) is 11.8. The number of hydrogen-bond acceptors (Lipinski definition) is 5. The van der Waals surface area contributed by atoms with E-state index in [-0.39, 0.29) is 37.1 Å². The number of amides is 2. The SMILES string of the molecule is CCOc1cc(C(C)(C)C)ncc1/C(=N/C(C)(C)C1C=CC(Cl)=CC1)N(Cc1ccc(Cl)cc1)C(=O)N(C)CCO. The molecule has 222 valence electrons. The summed E-state index contributed by atoms with van der Waals surface area (Å²) >= 11 is 12.4. The molecule has 0 saturated carbocycles. The number of urea groups is 1. The molecular formula is C32H42Cl2N4O3. The van der Waals surface area contributed by atoms with E-state index >= 15 is 0 Å². The first-order chi connectivity index (χ1) is 19.3. The summed E-state index contributed by atoms with van der Waals surface area (Å²) < 4.78 is 6.16. The van der Waals surface area contributed by atoms with Crippen molar-refractivity contribution >= 4 is 35.1 Å². The number of nitrogens with zero attached hydrogens (tertiary/aromatic N) is 4. The average molecular weight is 602 g/mol. The van der Waals surface area contributed by atoms with Crippen molar-refractivity contribution in [3.8, 4) is 5.75 Å². The van der Waals surface area contributed by atoms with Crippen molar-refractivity contribution in [2.75, 3.05) is 26.8 Å². The molecule has 0 fully saturated rings. The fourth-order valence-electron chi connectivity index (χ4n) is 4.49. The normalized spacial score (nSPS) is 15.9. The zero-order chi connectivity index (χ0) is 30.4. The largest absolute Gasteiger partial charge is 0.493 e. The Balaban J connectivity index is 2.27. The highest BCUT2D eigenvalue weighted by Gasteiger charge is 2.34. The van der Waals surface area contributed by atoms with Crippen LogP contribution < -0.4 is 4.74 Å². The topological polar surface area (TPSA) is 78.3 Å². The predicted molar refractivity (Wildman–Crippen MR) is 168 cm³/mol. The van der Waals surface area contributed by atoms with Crippen LogP contribution in [0.1, 0.15) is 64.8 Å². The summed E-state index contributed by atoms with van der Waals surface area (Å²) in [7, 11) is 1.66. The summed E-state index contributed by atoms with van der Waals surface area (Å²) in [4.78, 5) is 27.3. The van der Waals surface area contributed by atoms with Gasteiger partial charge in [0.25, 0.3) is 0 Å². The minimum atomic E-state index is -0.625. The van der Waals surface area contributed by atoms with Gasteiger partial charge in [0.05, 0.1) is 30.9 Å². The fraction of sp³-hybridized carbons (Fsp3) is 0.469. The molecule has 1 atom stereocenters. The third-order valence-electron chi connectivity index (χ3n) is 7.03. The Morgan fingerprint density at radius 3 is 2.41 bits per heavy atom. The summed E-state index contributed by atoms with van der Waals surface area (Å²) in [6.07, 6.45) is 8.41. The zero-order valence-corrected chi connectivity index (χ0v) is 26.6. The van der Waals surface area contributed by atoms with E-state index in [1.807, 2.05) is 37.3 Å². The van der Waals surface area contributed by atoms with E-state index in [0.29, 0.717) is 40.2 Å². The van der Waals surface area contributed by atoms with Crippen molar-refractivity contribution in [3.05, 3.63) is 81.6 Å². The first kappa shape index (κ1) is 32.6.